The van der Waals surface area contributed by atoms with Crippen LogP contribution in [0.25, 0.3) is 0 Å². The molecule has 0 aliphatic heterocycles. The van der Waals surface area contributed by atoms with Crippen molar-refractivity contribution in [3.63, 3.8) is 0 Å². The highest BCUT2D eigenvalue weighted by atomic mass is 32.1. The number of hydrogen-bond acceptors (Lipinski definition) is 6. The number of carbonyl (C=O) groups excluding carboxylic acids is 2. The predicted molar refractivity (Wildman–Crippen MR) is 101 cm³/mol. The lowest BCUT2D eigenvalue weighted by molar-refractivity contribution is -0.140. The van der Waals surface area contributed by atoms with E-state index in [-0.39, 0.29) is 22.7 Å². The Morgan fingerprint density at radius 3 is 2.44 bits per heavy atom. The van der Waals surface area contributed by atoms with Crippen LogP contribution < -0.4 is 15.4 Å². The van der Waals surface area contributed by atoms with Gasteiger partial charge in [0.15, 0.2) is 5.13 Å². The third kappa shape index (κ3) is 5.27. The minimum absolute atomic E-state index is 0.0552. The molecule has 3 N–H and O–H groups in total. The van der Waals surface area contributed by atoms with Gasteiger partial charge in [-0.05, 0) is 30.2 Å². The molecule has 0 radical (unpaired) electrons. The van der Waals surface area contributed by atoms with E-state index in [0.717, 1.165) is 11.3 Å². The molecule has 0 aliphatic carbocycles. The van der Waals surface area contributed by atoms with Gasteiger partial charge in [-0.2, -0.15) is 0 Å². The van der Waals surface area contributed by atoms with E-state index < -0.39 is 17.9 Å². The monoisotopic (exact) mass is 391 g/mol. The number of nitrogens with one attached hydrogen (secondary N) is 2. The fourth-order valence-corrected chi connectivity index (χ4v) is 2.93. The fourth-order valence-electron chi connectivity index (χ4n) is 2.25. The molecule has 2 unspecified atom stereocenters. The van der Waals surface area contributed by atoms with Crippen LogP contribution >= 0.6 is 11.3 Å². The zero-order valence-electron chi connectivity index (χ0n) is 15.2. The first-order chi connectivity index (χ1) is 12.8. The third-order valence-corrected chi connectivity index (χ3v) is 4.83. The molecule has 0 saturated heterocycles. The van der Waals surface area contributed by atoms with Crippen molar-refractivity contribution in [3.8, 4) is 5.75 Å². The number of carboxylic acid groups (broad SMARTS) is 1. The average molecular weight is 391 g/mol. The number of methoxy groups -OCH3 is 1. The molecule has 0 aliphatic rings. The molecule has 144 valence electrons. The molecule has 0 saturated carbocycles. The zero-order chi connectivity index (χ0) is 20.0. The molecule has 27 heavy (non-hydrogen) atoms. The van der Waals surface area contributed by atoms with Crippen molar-refractivity contribution in [2.75, 3.05) is 12.4 Å². The normalized spacial score (nSPS) is 12.7. The maximum Gasteiger partial charge on any atom is 0.326 e. The van der Waals surface area contributed by atoms with Crippen molar-refractivity contribution in [1.82, 2.24) is 10.3 Å². The lowest BCUT2D eigenvalue weighted by Crippen LogP contribution is -2.45. The van der Waals surface area contributed by atoms with Gasteiger partial charge in [-0.15, -0.1) is 11.3 Å². The number of anilines is 1. The highest BCUT2D eigenvalue weighted by Crippen LogP contribution is 2.18. The SMILES string of the molecule is CCC(C)C(NC(=O)c1csc(NC(=O)c2ccc(OC)cc2)n1)C(=O)O. The summed E-state index contributed by atoms with van der Waals surface area (Å²) in [6.45, 7) is 3.60. The van der Waals surface area contributed by atoms with E-state index in [4.69, 9.17) is 4.74 Å². The molecule has 2 amide bonds. The van der Waals surface area contributed by atoms with Gasteiger partial charge in [-0.25, -0.2) is 9.78 Å². The molecule has 9 heteroatoms. The first kappa shape index (κ1) is 20.4. The van der Waals surface area contributed by atoms with E-state index in [1.54, 1.807) is 31.2 Å². The number of hydrogen-bond donors (Lipinski definition) is 3. The van der Waals surface area contributed by atoms with Crippen LogP contribution in [0.15, 0.2) is 29.6 Å². The first-order valence-electron chi connectivity index (χ1n) is 8.30. The van der Waals surface area contributed by atoms with Crippen LogP contribution in [0.3, 0.4) is 0 Å². The molecular weight excluding hydrogens is 370 g/mol. The molecule has 8 nitrogen and oxygen atoms in total. The summed E-state index contributed by atoms with van der Waals surface area (Å²) >= 11 is 1.08. The zero-order valence-corrected chi connectivity index (χ0v) is 16.0. The Morgan fingerprint density at radius 2 is 1.89 bits per heavy atom. The standard InChI is InChI=1S/C18H21N3O5S/c1-4-10(2)14(17(24)25)20-16(23)13-9-27-18(19-13)21-15(22)11-5-7-12(26-3)8-6-11/h5-10,14H,4H2,1-3H3,(H,20,23)(H,24,25)(H,19,21,22). The van der Waals surface area contributed by atoms with Crippen molar-refractivity contribution in [1.29, 1.82) is 0 Å². The van der Waals surface area contributed by atoms with Crippen LogP contribution in [0.4, 0.5) is 5.13 Å². The molecule has 1 aromatic carbocycles. The van der Waals surface area contributed by atoms with Crippen LogP contribution in [-0.2, 0) is 4.79 Å². The maximum atomic E-state index is 12.3. The highest BCUT2D eigenvalue weighted by molar-refractivity contribution is 7.14. The Bertz CT molecular complexity index is 819. The molecule has 0 fully saturated rings. The number of aliphatic carboxylic acids is 1. The molecule has 2 rings (SSSR count). The number of carbonyl (C=O) groups is 3. The quantitative estimate of drug-likeness (QED) is 0.637. The molecular formula is C18H21N3O5S. The van der Waals surface area contributed by atoms with Gasteiger partial charge in [0.05, 0.1) is 7.11 Å². The minimum atomic E-state index is -1.10. The Hall–Kier alpha value is -2.94. The number of aromatic nitrogens is 1. The second kappa shape index (κ2) is 9.13. The van der Waals surface area contributed by atoms with Crippen molar-refractivity contribution in [3.05, 3.63) is 40.9 Å². The van der Waals surface area contributed by atoms with Gasteiger partial charge < -0.3 is 15.2 Å². The summed E-state index contributed by atoms with van der Waals surface area (Å²) < 4.78 is 5.04. The molecule has 1 heterocycles. The van der Waals surface area contributed by atoms with Crippen molar-refractivity contribution < 1.29 is 24.2 Å². The van der Waals surface area contributed by atoms with E-state index in [9.17, 15) is 19.5 Å². The Morgan fingerprint density at radius 1 is 1.22 bits per heavy atom. The van der Waals surface area contributed by atoms with Gasteiger partial charge in [0, 0.05) is 10.9 Å². The van der Waals surface area contributed by atoms with E-state index in [1.165, 1.54) is 12.5 Å². The number of amides is 2. The molecule has 2 aromatic rings. The van der Waals surface area contributed by atoms with Gasteiger partial charge in [0.1, 0.15) is 17.5 Å². The van der Waals surface area contributed by atoms with Crippen LogP contribution in [0.1, 0.15) is 41.1 Å². The van der Waals surface area contributed by atoms with Crippen LogP contribution in [0.2, 0.25) is 0 Å². The summed E-state index contributed by atoms with van der Waals surface area (Å²) in [6, 6.07) is 5.55. The Labute approximate surface area is 160 Å². The van der Waals surface area contributed by atoms with E-state index in [2.05, 4.69) is 15.6 Å². The summed E-state index contributed by atoms with van der Waals surface area (Å²) in [5.74, 6) is -1.65. The third-order valence-electron chi connectivity index (χ3n) is 4.08. The fraction of sp³-hybridized carbons (Fsp3) is 0.333. The molecule has 2 atom stereocenters. The van der Waals surface area contributed by atoms with E-state index in [1.807, 2.05) is 6.92 Å². The minimum Gasteiger partial charge on any atom is -0.497 e. The number of benzene rings is 1. The molecule has 0 bridgehead atoms. The summed E-state index contributed by atoms with van der Waals surface area (Å²) in [5.41, 5.74) is 0.472. The average Bonchev–Trinajstić information content (AvgIpc) is 3.13. The summed E-state index contributed by atoms with van der Waals surface area (Å²) in [6.07, 6.45) is 0.609. The van der Waals surface area contributed by atoms with Gasteiger partial charge in [-0.3, -0.25) is 14.9 Å². The highest BCUT2D eigenvalue weighted by Gasteiger charge is 2.26. The van der Waals surface area contributed by atoms with Gasteiger partial charge in [0.25, 0.3) is 11.8 Å². The van der Waals surface area contributed by atoms with Crippen molar-refractivity contribution in [2.45, 2.75) is 26.3 Å². The maximum absolute atomic E-state index is 12.3. The summed E-state index contributed by atoms with van der Waals surface area (Å²) in [7, 11) is 1.54. The predicted octanol–water partition coefficient (Wildman–Crippen LogP) is 2.63. The number of ether oxygens (including phenoxy) is 1. The van der Waals surface area contributed by atoms with E-state index >= 15 is 0 Å². The summed E-state index contributed by atoms with van der Waals surface area (Å²) in [5, 5.41) is 16.1. The largest absolute Gasteiger partial charge is 0.497 e. The van der Waals surface area contributed by atoms with Crippen molar-refractivity contribution in [2.24, 2.45) is 5.92 Å². The van der Waals surface area contributed by atoms with Crippen LogP contribution in [0, 0.1) is 5.92 Å². The Kier molecular flexibility index (Phi) is 6.89. The lowest BCUT2D eigenvalue weighted by atomic mass is 9.99. The van der Waals surface area contributed by atoms with Gasteiger partial charge >= 0.3 is 5.97 Å². The van der Waals surface area contributed by atoms with Crippen LogP contribution in [0.5, 0.6) is 5.75 Å². The molecule has 1 aromatic heterocycles. The van der Waals surface area contributed by atoms with Gasteiger partial charge in [-0.1, -0.05) is 20.3 Å². The van der Waals surface area contributed by atoms with Gasteiger partial charge in [0.2, 0.25) is 0 Å². The molecule has 0 spiro atoms. The number of thiazole rings is 1. The second-order valence-electron chi connectivity index (χ2n) is 5.90. The number of carboxylic acids is 1. The van der Waals surface area contributed by atoms with Crippen molar-refractivity contribution >= 4 is 34.3 Å². The first-order valence-corrected chi connectivity index (χ1v) is 9.18. The van der Waals surface area contributed by atoms with Crippen LogP contribution in [-0.4, -0.2) is 41.0 Å². The topological polar surface area (TPSA) is 118 Å². The number of nitrogens with zero attached hydrogens (tertiary/aromatic N) is 1. The second-order valence-corrected chi connectivity index (χ2v) is 6.75. The summed E-state index contributed by atoms with van der Waals surface area (Å²) in [4.78, 5) is 39.9. The smallest absolute Gasteiger partial charge is 0.326 e. The lowest BCUT2D eigenvalue weighted by Gasteiger charge is -2.19. The van der Waals surface area contributed by atoms with E-state index in [0.29, 0.717) is 17.7 Å². The number of rotatable bonds is 8. The Balaban J connectivity index is 2.03.